The third-order valence-electron chi connectivity index (χ3n) is 8.24. The van der Waals surface area contributed by atoms with Crippen molar-refractivity contribution in [1.82, 2.24) is 8.75 Å². The van der Waals surface area contributed by atoms with Crippen LogP contribution in [0.1, 0.15) is 49.9 Å². The lowest BCUT2D eigenvalue weighted by Crippen LogP contribution is -2.26. The van der Waals surface area contributed by atoms with Gasteiger partial charge >= 0.3 is 0 Å². The molecule has 0 amide bonds. The highest BCUT2D eigenvalue weighted by Gasteiger charge is 2.30. The lowest BCUT2D eigenvalue weighted by Gasteiger charge is -2.26. The summed E-state index contributed by atoms with van der Waals surface area (Å²) in [5.41, 5.74) is 5.74. The number of hydrogen-bond acceptors (Lipinski definition) is 10. The average molecular weight is 707 g/mol. The monoisotopic (exact) mass is 706 g/mol. The normalized spacial score (nSPS) is 13.9. The zero-order chi connectivity index (χ0) is 31.7. The average Bonchev–Trinajstić information content (AvgIpc) is 3.84. The molecular weight excluding hydrogens is 673 g/mol. The van der Waals surface area contributed by atoms with Gasteiger partial charge in [-0.3, -0.25) is 0 Å². The molecule has 0 saturated carbocycles. The van der Waals surface area contributed by atoms with Crippen LogP contribution in [0, 0.1) is 6.92 Å². The first-order valence-corrected chi connectivity index (χ1v) is 20.0. The molecule has 0 fully saturated rings. The minimum absolute atomic E-state index is 0.128. The summed E-state index contributed by atoms with van der Waals surface area (Å²) >= 11 is 10.5. The van der Waals surface area contributed by atoms with E-state index in [0.29, 0.717) is 6.61 Å². The molecule has 5 heterocycles. The molecule has 2 aromatic carbocycles. The van der Waals surface area contributed by atoms with Crippen LogP contribution in [0.3, 0.4) is 0 Å². The van der Waals surface area contributed by atoms with Crippen molar-refractivity contribution in [2.45, 2.75) is 57.6 Å². The van der Waals surface area contributed by atoms with Crippen molar-refractivity contribution in [3.8, 4) is 30.6 Å². The van der Waals surface area contributed by atoms with Crippen molar-refractivity contribution in [3.63, 3.8) is 0 Å². The first-order valence-electron chi connectivity index (χ1n) is 14.8. The quantitative estimate of drug-likeness (QED) is 0.116. The topological polar surface area (TPSA) is 44.2 Å². The molecule has 1 atom stereocenters. The second-order valence-corrected chi connectivity index (χ2v) is 17.8. The van der Waals surface area contributed by atoms with Gasteiger partial charge in [0.1, 0.15) is 11.0 Å². The Morgan fingerprint density at radius 3 is 2.00 bits per heavy atom. The van der Waals surface area contributed by atoms with Crippen LogP contribution in [0.25, 0.3) is 61.8 Å². The predicted molar refractivity (Wildman–Crippen MR) is 201 cm³/mol. The number of hydrogen-bond donors (Lipinski definition) is 0. The van der Waals surface area contributed by atoms with E-state index in [1.165, 1.54) is 66.7 Å². The van der Waals surface area contributed by atoms with E-state index in [-0.39, 0.29) is 5.41 Å². The number of ether oxygens (including phenoxy) is 2. The number of rotatable bonds is 8. The number of methoxy groups -OCH3 is 1. The number of thiophene rings is 4. The van der Waals surface area contributed by atoms with Crippen LogP contribution >= 0.6 is 68.8 Å². The third-order valence-corrected chi connectivity index (χ3v) is 15.3. The van der Waals surface area contributed by atoms with Crippen LogP contribution in [-0.4, -0.2) is 28.7 Å². The molecule has 0 radical (unpaired) electrons. The molecule has 0 aliphatic heterocycles. The molecule has 7 aromatic rings. The van der Waals surface area contributed by atoms with Gasteiger partial charge in [-0.25, -0.2) is 0 Å². The highest BCUT2D eigenvalue weighted by Crippen LogP contribution is 2.50. The first-order chi connectivity index (χ1) is 21.6. The van der Waals surface area contributed by atoms with Gasteiger partial charge in [-0.1, -0.05) is 32.9 Å². The Balaban J connectivity index is 1.30. The molecule has 0 aliphatic rings. The standard InChI is InChI=1S/C35H34N2O2S6/c1-9-39-35(6,38-7)28-17-22-21-16-26(43-33(21)32(40-8)18(2)31(22)44-28)25-13-12-23(41-25)19-10-11-20(30-29(19)36-45-37-30)24-14-15-27(42-24)34(3,4)5/h10-17H,9H2,1-8H3. The molecule has 1 unspecified atom stereocenters. The molecular formula is C35H34N2O2S6. The fraction of sp³-hybridized carbons (Fsp3) is 0.314. The minimum atomic E-state index is -0.762. The van der Waals surface area contributed by atoms with Crippen molar-refractivity contribution in [3.05, 3.63) is 63.8 Å². The third kappa shape index (κ3) is 5.31. The number of benzene rings is 2. The molecule has 0 spiro atoms. The summed E-state index contributed by atoms with van der Waals surface area (Å²) in [7, 11) is 1.72. The van der Waals surface area contributed by atoms with Gasteiger partial charge in [0, 0.05) is 74.3 Å². The fourth-order valence-electron chi connectivity index (χ4n) is 5.76. The van der Waals surface area contributed by atoms with Crippen molar-refractivity contribution in [1.29, 1.82) is 0 Å². The van der Waals surface area contributed by atoms with E-state index in [9.17, 15) is 0 Å². The van der Waals surface area contributed by atoms with Crippen LogP contribution < -0.4 is 0 Å². The maximum Gasteiger partial charge on any atom is 0.201 e. The highest BCUT2D eigenvalue weighted by atomic mass is 32.2. The maximum atomic E-state index is 6.07. The predicted octanol–water partition coefficient (Wildman–Crippen LogP) is 12.4. The largest absolute Gasteiger partial charge is 0.349 e. The molecule has 5 aromatic heterocycles. The zero-order valence-corrected chi connectivity index (χ0v) is 31.4. The van der Waals surface area contributed by atoms with E-state index < -0.39 is 5.79 Å². The first kappa shape index (κ1) is 31.4. The number of nitrogens with zero attached hydrogens (tertiary/aromatic N) is 2. The van der Waals surface area contributed by atoms with Gasteiger partial charge in [0.2, 0.25) is 5.79 Å². The molecule has 0 aliphatic carbocycles. The number of thioether (sulfide) groups is 1. The smallest absolute Gasteiger partial charge is 0.201 e. The molecule has 0 bridgehead atoms. The van der Waals surface area contributed by atoms with Gasteiger partial charge in [0.15, 0.2) is 0 Å². The Bertz CT molecular complexity index is 2190. The Labute approximate surface area is 288 Å². The zero-order valence-electron chi connectivity index (χ0n) is 26.5. The summed E-state index contributed by atoms with van der Waals surface area (Å²) in [6.07, 6.45) is 2.18. The molecule has 45 heavy (non-hydrogen) atoms. The van der Waals surface area contributed by atoms with Gasteiger partial charge in [0.25, 0.3) is 0 Å². The molecule has 0 saturated heterocycles. The van der Waals surface area contributed by atoms with Gasteiger partial charge in [0.05, 0.1) is 16.6 Å². The number of aryl methyl sites for hydroxylation is 1. The van der Waals surface area contributed by atoms with Crippen LogP contribution in [0.4, 0.5) is 0 Å². The van der Waals surface area contributed by atoms with Crippen LogP contribution in [0.2, 0.25) is 0 Å². The van der Waals surface area contributed by atoms with Gasteiger partial charge in [-0.15, -0.1) is 57.1 Å². The molecule has 0 N–H and O–H groups in total. The Morgan fingerprint density at radius 1 is 0.733 bits per heavy atom. The summed E-state index contributed by atoms with van der Waals surface area (Å²) in [5.74, 6) is -0.762. The Kier molecular flexibility index (Phi) is 8.26. The van der Waals surface area contributed by atoms with E-state index in [0.717, 1.165) is 27.0 Å². The molecule has 232 valence electrons. The Hall–Kier alpha value is -2.15. The van der Waals surface area contributed by atoms with Gasteiger partial charge in [-0.05, 0) is 74.4 Å². The summed E-state index contributed by atoms with van der Waals surface area (Å²) < 4.78 is 24.1. The second-order valence-electron chi connectivity index (χ2n) is 12.1. The lowest BCUT2D eigenvalue weighted by molar-refractivity contribution is -0.214. The highest BCUT2D eigenvalue weighted by molar-refractivity contribution is 7.99. The second kappa shape index (κ2) is 11.8. The van der Waals surface area contributed by atoms with Crippen LogP contribution in [0.15, 0.2) is 53.4 Å². The summed E-state index contributed by atoms with van der Waals surface area (Å²) in [6, 6.07) is 18.1. The van der Waals surface area contributed by atoms with Gasteiger partial charge < -0.3 is 9.47 Å². The lowest BCUT2D eigenvalue weighted by atomic mass is 9.95. The van der Waals surface area contributed by atoms with E-state index in [1.54, 1.807) is 18.4 Å². The van der Waals surface area contributed by atoms with E-state index >= 15 is 0 Å². The van der Waals surface area contributed by atoms with Crippen LogP contribution in [-0.2, 0) is 20.7 Å². The van der Waals surface area contributed by atoms with Crippen LogP contribution in [0.5, 0.6) is 0 Å². The van der Waals surface area contributed by atoms with Crippen molar-refractivity contribution in [2.75, 3.05) is 20.0 Å². The Morgan fingerprint density at radius 2 is 1.38 bits per heavy atom. The minimum Gasteiger partial charge on any atom is -0.349 e. The fourth-order valence-corrected chi connectivity index (χ4v) is 12.1. The van der Waals surface area contributed by atoms with E-state index in [2.05, 4.69) is 82.5 Å². The van der Waals surface area contributed by atoms with Crippen molar-refractivity contribution < 1.29 is 9.47 Å². The molecule has 4 nitrogen and oxygen atoms in total. The summed E-state index contributed by atoms with van der Waals surface area (Å²) in [4.78, 5) is 8.83. The summed E-state index contributed by atoms with van der Waals surface area (Å²) in [5, 5.41) is 2.57. The number of aromatic nitrogens is 2. The van der Waals surface area contributed by atoms with E-state index in [4.69, 9.17) is 18.2 Å². The van der Waals surface area contributed by atoms with Gasteiger partial charge in [-0.2, -0.15) is 8.75 Å². The SMILES string of the molecule is CCOC(C)(OC)c1cc2c(s1)c(C)c(SC)c1sc(-c3ccc(-c4ccc(-c5ccc(C(C)(C)C)s5)c5nsnc45)s3)cc12. The molecule has 10 heteroatoms. The van der Waals surface area contributed by atoms with E-state index in [1.807, 2.05) is 59.6 Å². The van der Waals surface area contributed by atoms with Crippen molar-refractivity contribution in [2.24, 2.45) is 0 Å². The molecule has 7 rings (SSSR count). The maximum absolute atomic E-state index is 6.07. The van der Waals surface area contributed by atoms with Crippen molar-refractivity contribution >= 4 is 100 Å². The number of fused-ring (bicyclic) bond motifs is 4. The summed E-state index contributed by atoms with van der Waals surface area (Å²) in [6.45, 7) is 13.7.